The van der Waals surface area contributed by atoms with Gasteiger partial charge in [0.1, 0.15) is 11.6 Å². The zero-order valence-electron chi connectivity index (χ0n) is 18.2. The van der Waals surface area contributed by atoms with Crippen LogP contribution in [0.4, 0.5) is 18.9 Å². The van der Waals surface area contributed by atoms with Gasteiger partial charge in [-0.3, -0.25) is 4.79 Å². The predicted octanol–water partition coefficient (Wildman–Crippen LogP) is 2.92. The fourth-order valence-electron chi connectivity index (χ4n) is 2.81. The molecule has 0 aliphatic rings. The molecule has 3 aromatic rings. The van der Waals surface area contributed by atoms with E-state index in [-0.39, 0.29) is 22.2 Å². The number of halogens is 3. The number of carbonyl (C=O) groups is 1. The summed E-state index contributed by atoms with van der Waals surface area (Å²) >= 11 is 0. The molecule has 0 radical (unpaired) electrons. The van der Waals surface area contributed by atoms with Gasteiger partial charge in [-0.05, 0) is 30.7 Å². The maximum absolute atomic E-state index is 13.4. The average molecular weight is 508 g/mol. The number of anilines is 1. The van der Waals surface area contributed by atoms with Crippen LogP contribution in [0.1, 0.15) is 27.3 Å². The Kier molecular flexibility index (Phi) is 6.87. The quantitative estimate of drug-likeness (QED) is 0.525. The summed E-state index contributed by atoms with van der Waals surface area (Å²) in [6.07, 6.45) is -2.97. The van der Waals surface area contributed by atoms with E-state index in [1.165, 1.54) is 25.3 Å². The van der Waals surface area contributed by atoms with E-state index in [0.717, 1.165) is 25.4 Å². The average Bonchev–Trinajstić information content (AvgIpc) is 2.78. The molecule has 182 valence electrons. The Morgan fingerprint density at radius 3 is 2.49 bits per heavy atom. The highest BCUT2D eigenvalue weighted by molar-refractivity contribution is 7.90. The summed E-state index contributed by atoms with van der Waals surface area (Å²) in [4.78, 5) is 20.6. The largest absolute Gasteiger partial charge is 0.477 e. The van der Waals surface area contributed by atoms with Crippen molar-refractivity contribution in [1.82, 2.24) is 20.2 Å². The van der Waals surface area contributed by atoms with E-state index in [1.807, 2.05) is 0 Å². The van der Waals surface area contributed by atoms with Crippen molar-refractivity contribution in [3.8, 4) is 23.7 Å². The third-order valence-electron chi connectivity index (χ3n) is 4.41. The standard InChI is InChI=1S/C20H15F3N6O5S/c1-10-14(16(30)26-11-5-4-6-13(7-11)35(3,31)32)17(29-28-15(10)20(21,22)23)34-18-19(33-2)27-12(8-24)9-25-18/h4-7,9H,1-3H3,(H,26,30). The summed E-state index contributed by atoms with van der Waals surface area (Å²) in [5, 5.41) is 17.8. The SMILES string of the molecule is COc1nc(C#N)cnc1Oc1nnc(C(F)(F)F)c(C)c1C(=O)Nc1cccc(S(C)(=O)=O)c1. The number of nitrogens with one attached hydrogen (secondary N) is 1. The number of carbonyl (C=O) groups excluding carboxylic acids is 1. The highest BCUT2D eigenvalue weighted by atomic mass is 32.2. The van der Waals surface area contributed by atoms with Gasteiger partial charge in [-0.15, -0.1) is 10.2 Å². The van der Waals surface area contributed by atoms with E-state index in [0.29, 0.717) is 0 Å². The van der Waals surface area contributed by atoms with E-state index in [4.69, 9.17) is 14.7 Å². The summed E-state index contributed by atoms with van der Waals surface area (Å²) in [5.41, 5.74) is -2.83. The van der Waals surface area contributed by atoms with E-state index in [2.05, 4.69) is 25.5 Å². The minimum Gasteiger partial charge on any atom is -0.477 e. The van der Waals surface area contributed by atoms with E-state index < -0.39 is 50.5 Å². The highest BCUT2D eigenvalue weighted by Gasteiger charge is 2.38. The molecule has 1 amide bonds. The van der Waals surface area contributed by atoms with Crippen LogP contribution in [-0.2, 0) is 16.0 Å². The minimum absolute atomic E-state index is 0.00982. The van der Waals surface area contributed by atoms with Crippen LogP contribution in [-0.4, -0.2) is 47.9 Å². The van der Waals surface area contributed by atoms with Crippen molar-refractivity contribution >= 4 is 21.4 Å². The number of hydrogen-bond acceptors (Lipinski definition) is 10. The van der Waals surface area contributed by atoms with Crippen molar-refractivity contribution < 1.29 is 35.9 Å². The van der Waals surface area contributed by atoms with Gasteiger partial charge in [0.25, 0.3) is 23.5 Å². The number of nitriles is 1. The normalized spacial score (nSPS) is 11.5. The molecule has 11 nitrogen and oxygen atoms in total. The molecule has 1 aromatic carbocycles. The lowest BCUT2D eigenvalue weighted by Crippen LogP contribution is -2.21. The first-order chi connectivity index (χ1) is 16.3. The molecule has 0 fully saturated rings. The topological polar surface area (TPSA) is 157 Å². The number of aromatic nitrogens is 4. The monoisotopic (exact) mass is 508 g/mol. The van der Waals surface area contributed by atoms with Crippen LogP contribution < -0.4 is 14.8 Å². The molecule has 0 saturated carbocycles. The molecule has 0 aliphatic heterocycles. The molecule has 35 heavy (non-hydrogen) atoms. The van der Waals surface area contributed by atoms with Crippen molar-refractivity contribution in [3.63, 3.8) is 0 Å². The van der Waals surface area contributed by atoms with Crippen molar-refractivity contribution in [2.75, 3.05) is 18.7 Å². The molecule has 0 spiro atoms. The summed E-state index contributed by atoms with van der Waals surface area (Å²) in [6, 6.07) is 6.84. The number of alkyl halides is 3. The fourth-order valence-corrected chi connectivity index (χ4v) is 3.48. The third-order valence-corrected chi connectivity index (χ3v) is 5.52. The first-order valence-electron chi connectivity index (χ1n) is 9.40. The van der Waals surface area contributed by atoms with Gasteiger partial charge < -0.3 is 14.8 Å². The van der Waals surface area contributed by atoms with Crippen LogP contribution in [0.5, 0.6) is 17.6 Å². The number of ether oxygens (including phenoxy) is 2. The van der Waals surface area contributed by atoms with E-state index >= 15 is 0 Å². The maximum atomic E-state index is 13.4. The number of hydrogen-bond donors (Lipinski definition) is 1. The second-order valence-corrected chi connectivity index (χ2v) is 8.90. The second kappa shape index (κ2) is 9.50. The number of benzene rings is 1. The molecule has 0 unspecified atom stereocenters. The van der Waals surface area contributed by atoms with E-state index in [1.54, 1.807) is 6.07 Å². The molecule has 0 bridgehead atoms. The highest BCUT2D eigenvalue weighted by Crippen LogP contribution is 2.36. The molecule has 15 heteroatoms. The fraction of sp³-hybridized carbons (Fsp3) is 0.200. The molecule has 0 aliphatic carbocycles. The lowest BCUT2D eigenvalue weighted by atomic mass is 10.1. The number of sulfone groups is 1. The molecule has 2 aromatic heterocycles. The van der Waals surface area contributed by atoms with Gasteiger partial charge in [0.05, 0.1) is 18.2 Å². The first-order valence-corrected chi connectivity index (χ1v) is 11.3. The Morgan fingerprint density at radius 1 is 1.17 bits per heavy atom. The van der Waals surface area contributed by atoms with Crippen molar-refractivity contribution in [3.05, 3.63) is 53.0 Å². The van der Waals surface area contributed by atoms with Crippen molar-refractivity contribution in [2.24, 2.45) is 0 Å². The summed E-state index contributed by atoms with van der Waals surface area (Å²) in [5.74, 6) is -2.45. The molecule has 2 heterocycles. The van der Waals surface area contributed by atoms with E-state index in [9.17, 15) is 26.4 Å². The molecular weight excluding hydrogens is 493 g/mol. The van der Waals surface area contributed by atoms with Crippen LogP contribution in [0, 0.1) is 18.3 Å². The third kappa shape index (κ3) is 5.61. The van der Waals surface area contributed by atoms with Gasteiger partial charge in [0, 0.05) is 11.9 Å². The Labute approximate surface area is 196 Å². The molecule has 0 atom stereocenters. The number of rotatable bonds is 6. The number of nitrogens with zero attached hydrogens (tertiary/aromatic N) is 5. The van der Waals surface area contributed by atoms with Gasteiger partial charge in [0.15, 0.2) is 21.2 Å². The van der Waals surface area contributed by atoms with Gasteiger partial charge in [-0.2, -0.15) is 23.4 Å². The predicted molar refractivity (Wildman–Crippen MR) is 113 cm³/mol. The summed E-state index contributed by atoms with van der Waals surface area (Å²) < 4.78 is 74.3. The van der Waals surface area contributed by atoms with Crippen LogP contribution in [0.25, 0.3) is 0 Å². The Balaban J connectivity index is 2.10. The van der Waals surface area contributed by atoms with Crippen LogP contribution in [0.15, 0.2) is 35.4 Å². The molecule has 0 saturated heterocycles. The Morgan fingerprint density at radius 2 is 1.89 bits per heavy atom. The van der Waals surface area contributed by atoms with Crippen molar-refractivity contribution in [1.29, 1.82) is 5.26 Å². The molecule has 1 N–H and O–H groups in total. The van der Waals surface area contributed by atoms with Gasteiger partial charge >= 0.3 is 6.18 Å². The Bertz CT molecular complexity index is 1450. The van der Waals surface area contributed by atoms with Crippen LogP contribution >= 0.6 is 0 Å². The van der Waals surface area contributed by atoms with Crippen molar-refractivity contribution in [2.45, 2.75) is 18.0 Å². The minimum atomic E-state index is -4.94. The zero-order valence-corrected chi connectivity index (χ0v) is 19.0. The first kappa shape index (κ1) is 25.3. The summed E-state index contributed by atoms with van der Waals surface area (Å²) in [7, 11) is -2.44. The Hall–Kier alpha value is -4.32. The molecular formula is C20H15F3N6O5S. The molecule has 3 rings (SSSR count). The van der Waals surface area contributed by atoms with Gasteiger partial charge in [-0.25, -0.2) is 13.4 Å². The smallest absolute Gasteiger partial charge is 0.435 e. The van der Waals surface area contributed by atoms with Gasteiger partial charge in [-0.1, -0.05) is 6.07 Å². The lowest BCUT2D eigenvalue weighted by Gasteiger charge is -2.16. The second-order valence-electron chi connectivity index (χ2n) is 6.89. The summed E-state index contributed by atoms with van der Waals surface area (Å²) in [6.45, 7) is 0.994. The zero-order chi connectivity index (χ0) is 26.0. The number of methoxy groups -OCH3 is 1. The van der Waals surface area contributed by atoms with Crippen LogP contribution in [0.2, 0.25) is 0 Å². The van der Waals surface area contributed by atoms with Crippen LogP contribution in [0.3, 0.4) is 0 Å². The van der Waals surface area contributed by atoms with Gasteiger partial charge in [0.2, 0.25) is 0 Å². The maximum Gasteiger partial charge on any atom is 0.435 e. The lowest BCUT2D eigenvalue weighted by molar-refractivity contribution is -0.142. The number of amides is 1.